The van der Waals surface area contributed by atoms with Gasteiger partial charge in [0, 0.05) is 24.8 Å². The number of benzene rings is 3. The van der Waals surface area contributed by atoms with Crippen molar-refractivity contribution >= 4 is 23.6 Å². The summed E-state index contributed by atoms with van der Waals surface area (Å²) >= 11 is 1.48. The Morgan fingerprint density at radius 1 is 0.861 bits per heavy atom. The predicted octanol–water partition coefficient (Wildman–Crippen LogP) is 5.76. The Morgan fingerprint density at radius 2 is 1.47 bits per heavy atom. The number of carbonyl (C=O) groups is 2. The first-order valence-corrected chi connectivity index (χ1v) is 13.7. The number of hydrogen-bond acceptors (Lipinski definition) is 3. The first kappa shape index (κ1) is 26.0. The van der Waals surface area contributed by atoms with Crippen LogP contribution in [0.1, 0.15) is 42.4 Å². The zero-order valence-corrected chi connectivity index (χ0v) is 21.3. The molecule has 6 heteroatoms. The zero-order chi connectivity index (χ0) is 25.2. The summed E-state index contributed by atoms with van der Waals surface area (Å²) in [6.07, 6.45) is 4.69. The third-order valence-electron chi connectivity index (χ3n) is 6.58. The van der Waals surface area contributed by atoms with Crippen LogP contribution in [0.4, 0.5) is 4.39 Å². The van der Waals surface area contributed by atoms with Gasteiger partial charge in [0.15, 0.2) is 0 Å². The number of nitrogens with zero attached hydrogens (tertiary/aromatic N) is 1. The predicted molar refractivity (Wildman–Crippen MR) is 144 cm³/mol. The second-order valence-electron chi connectivity index (χ2n) is 9.32. The molecule has 1 atom stereocenters. The molecule has 0 spiro atoms. The molecule has 188 valence electrons. The molecule has 36 heavy (non-hydrogen) atoms. The maximum absolute atomic E-state index is 13.6. The molecule has 1 aliphatic carbocycles. The normalized spacial score (nSPS) is 14.4. The van der Waals surface area contributed by atoms with Gasteiger partial charge in [-0.1, -0.05) is 85.6 Å². The maximum atomic E-state index is 13.6. The van der Waals surface area contributed by atoms with Crippen LogP contribution >= 0.6 is 11.8 Å². The molecular weight excluding hydrogens is 471 g/mol. The Labute approximate surface area is 217 Å². The molecule has 1 fully saturated rings. The zero-order valence-electron chi connectivity index (χ0n) is 20.4. The Balaban J connectivity index is 1.53. The molecule has 1 N–H and O–H groups in total. The van der Waals surface area contributed by atoms with Gasteiger partial charge in [0.05, 0.1) is 5.75 Å². The van der Waals surface area contributed by atoms with Crippen molar-refractivity contribution in [2.45, 2.75) is 56.5 Å². The molecule has 0 heterocycles. The van der Waals surface area contributed by atoms with E-state index in [2.05, 4.69) is 5.32 Å². The minimum absolute atomic E-state index is 0.0755. The van der Waals surface area contributed by atoms with Gasteiger partial charge in [0.2, 0.25) is 11.8 Å². The Hall–Kier alpha value is -3.12. The Morgan fingerprint density at radius 3 is 2.11 bits per heavy atom. The Bertz CT molecular complexity index is 1100. The SMILES string of the molecule is O=C(NC1CCCC1)[C@@H](Cc1ccccc1)N(Cc1ccccc1)C(=O)CSCc1ccc(F)cc1. The first-order chi connectivity index (χ1) is 17.6. The van der Waals surface area contributed by atoms with E-state index in [4.69, 9.17) is 0 Å². The van der Waals surface area contributed by atoms with E-state index in [1.54, 1.807) is 17.0 Å². The fourth-order valence-corrected chi connectivity index (χ4v) is 5.49. The number of carbonyl (C=O) groups excluding carboxylic acids is 2. The van der Waals surface area contributed by atoms with Gasteiger partial charge in [-0.25, -0.2) is 4.39 Å². The van der Waals surface area contributed by atoms with Crippen LogP contribution in [-0.2, 0) is 28.3 Å². The van der Waals surface area contributed by atoms with Gasteiger partial charge in [-0.2, -0.15) is 0 Å². The molecule has 0 aromatic heterocycles. The van der Waals surface area contributed by atoms with Crippen LogP contribution in [0.2, 0.25) is 0 Å². The molecule has 0 saturated heterocycles. The van der Waals surface area contributed by atoms with Gasteiger partial charge in [-0.05, 0) is 41.7 Å². The molecule has 0 radical (unpaired) electrons. The lowest BCUT2D eigenvalue weighted by Gasteiger charge is -2.32. The van der Waals surface area contributed by atoms with Crippen molar-refractivity contribution in [3.8, 4) is 0 Å². The molecule has 4 nitrogen and oxygen atoms in total. The van der Waals surface area contributed by atoms with Crippen LogP contribution in [0.5, 0.6) is 0 Å². The molecule has 3 aromatic carbocycles. The highest BCUT2D eigenvalue weighted by Gasteiger charge is 2.32. The van der Waals surface area contributed by atoms with Crippen LogP contribution in [0.25, 0.3) is 0 Å². The summed E-state index contributed by atoms with van der Waals surface area (Å²) in [4.78, 5) is 29.0. The number of thioether (sulfide) groups is 1. The second kappa shape index (κ2) is 13.3. The number of hydrogen-bond donors (Lipinski definition) is 1. The number of amides is 2. The van der Waals surface area contributed by atoms with Gasteiger partial charge >= 0.3 is 0 Å². The lowest BCUT2D eigenvalue weighted by molar-refractivity contribution is -0.139. The van der Waals surface area contributed by atoms with E-state index in [1.807, 2.05) is 60.7 Å². The van der Waals surface area contributed by atoms with Crippen LogP contribution in [-0.4, -0.2) is 34.6 Å². The van der Waals surface area contributed by atoms with Crippen molar-refractivity contribution in [2.75, 3.05) is 5.75 Å². The van der Waals surface area contributed by atoms with E-state index in [-0.39, 0.29) is 29.4 Å². The topological polar surface area (TPSA) is 49.4 Å². The van der Waals surface area contributed by atoms with Crippen LogP contribution in [0, 0.1) is 5.82 Å². The van der Waals surface area contributed by atoms with Crippen molar-refractivity contribution in [3.63, 3.8) is 0 Å². The highest BCUT2D eigenvalue weighted by atomic mass is 32.2. The Kier molecular flexibility index (Phi) is 9.56. The van der Waals surface area contributed by atoms with Gasteiger partial charge in [-0.15, -0.1) is 11.8 Å². The quantitative estimate of drug-likeness (QED) is 0.361. The van der Waals surface area contributed by atoms with Crippen LogP contribution in [0.3, 0.4) is 0 Å². The van der Waals surface area contributed by atoms with Crippen molar-refractivity contribution in [1.82, 2.24) is 10.2 Å². The fourth-order valence-electron chi connectivity index (χ4n) is 4.62. The lowest BCUT2D eigenvalue weighted by Crippen LogP contribution is -2.52. The van der Waals surface area contributed by atoms with E-state index in [9.17, 15) is 14.0 Å². The van der Waals surface area contributed by atoms with E-state index in [0.29, 0.717) is 18.7 Å². The molecule has 0 unspecified atom stereocenters. The third-order valence-corrected chi connectivity index (χ3v) is 7.56. The number of halogens is 1. The van der Waals surface area contributed by atoms with Crippen molar-refractivity contribution in [3.05, 3.63) is 107 Å². The van der Waals surface area contributed by atoms with Gasteiger partial charge in [0.1, 0.15) is 11.9 Å². The van der Waals surface area contributed by atoms with Gasteiger partial charge in [0.25, 0.3) is 0 Å². The van der Waals surface area contributed by atoms with Crippen LogP contribution < -0.4 is 5.32 Å². The molecular formula is C30H33FN2O2S. The largest absolute Gasteiger partial charge is 0.352 e. The summed E-state index contributed by atoms with van der Waals surface area (Å²) in [5, 5.41) is 3.23. The molecule has 4 rings (SSSR count). The van der Waals surface area contributed by atoms with Gasteiger partial charge < -0.3 is 10.2 Å². The smallest absolute Gasteiger partial charge is 0.243 e. The van der Waals surface area contributed by atoms with E-state index < -0.39 is 6.04 Å². The lowest BCUT2D eigenvalue weighted by atomic mass is 10.0. The summed E-state index contributed by atoms with van der Waals surface area (Å²) in [6, 6.07) is 25.6. The average Bonchev–Trinajstić information content (AvgIpc) is 3.41. The fraction of sp³-hybridized carbons (Fsp3) is 0.333. The van der Waals surface area contributed by atoms with E-state index in [0.717, 1.165) is 42.4 Å². The standard InChI is InChI=1S/C30H33FN2O2S/c31-26-17-15-25(16-18-26)21-36-22-29(34)33(20-24-11-5-2-6-12-24)28(19-23-9-3-1-4-10-23)30(35)32-27-13-7-8-14-27/h1-6,9-12,15-18,27-28H,7-8,13-14,19-22H2,(H,32,35)/t28-/m1/s1. The van der Waals surface area contributed by atoms with Crippen LogP contribution in [0.15, 0.2) is 84.9 Å². The second-order valence-corrected chi connectivity index (χ2v) is 10.3. The molecule has 3 aromatic rings. The summed E-state index contributed by atoms with van der Waals surface area (Å²) in [5.74, 6) is 0.410. The number of rotatable bonds is 11. The molecule has 1 saturated carbocycles. The molecule has 0 aliphatic heterocycles. The summed E-state index contributed by atoms with van der Waals surface area (Å²) in [6.45, 7) is 0.367. The third kappa shape index (κ3) is 7.69. The summed E-state index contributed by atoms with van der Waals surface area (Å²) in [5.41, 5.74) is 2.97. The maximum Gasteiger partial charge on any atom is 0.243 e. The van der Waals surface area contributed by atoms with Crippen molar-refractivity contribution in [2.24, 2.45) is 0 Å². The minimum atomic E-state index is -0.605. The molecule has 1 aliphatic rings. The highest BCUT2D eigenvalue weighted by Crippen LogP contribution is 2.21. The highest BCUT2D eigenvalue weighted by molar-refractivity contribution is 7.99. The summed E-state index contributed by atoms with van der Waals surface area (Å²) < 4.78 is 13.2. The average molecular weight is 505 g/mol. The van der Waals surface area contributed by atoms with Crippen molar-refractivity contribution in [1.29, 1.82) is 0 Å². The monoisotopic (exact) mass is 504 g/mol. The van der Waals surface area contributed by atoms with Gasteiger partial charge in [-0.3, -0.25) is 9.59 Å². The van der Waals surface area contributed by atoms with Crippen molar-refractivity contribution < 1.29 is 14.0 Å². The first-order valence-electron chi connectivity index (χ1n) is 12.6. The molecule has 2 amide bonds. The van der Waals surface area contributed by atoms with E-state index in [1.165, 1.54) is 23.9 Å². The summed E-state index contributed by atoms with van der Waals surface area (Å²) in [7, 11) is 0. The molecule has 0 bridgehead atoms. The number of nitrogens with one attached hydrogen (secondary N) is 1. The minimum Gasteiger partial charge on any atom is -0.352 e. The van der Waals surface area contributed by atoms with E-state index >= 15 is 0 Å².